The van der Waals surface area contributed by atoms with Gasteiger partial charge in [-0.15, -0.1) is 24.0 Å². The van der Waals surface area contributed by atoms with Crippen molar-refractivity contribution in [1.29, 1.82) is 0 Å². The summed E-state index contributed by atoms with van der Waals surface area (Å²) < 4.78 is 16.8. The molecule has 0 aromatic carbocycles. The number of nitrogens with one attached hydrogen (secondary N) is 2. The van der Waals surface area contributed by atoms with Crippen LogP contribution >= 0.6 is 24.0 Å². The van der Waals surface area contributed by atoms with Crippen molar-refractivity contribution in [3.63, 3.8) is 0 Å². The second-order valence-corrected chi connectivity index (χ2v) is 6.83. The third-order valence-corrected chi connectivity index (χ3v) is 4.25. The zero-order valence-corrected chi connectivity index (χ0v) is 18.4. The number of halogens is 1. The van der Waals surface area contributed by atoms with Gasteiger partial charge in [-0.1, -0.05) is 0 Å². The maximum Gasteiger partial charge on any atom is 0.243 e. The second kappa shape index (κ2) is 12.7. The lowest BCUT2D eigenvalue weighted by molar-refractivity contribution is -0.127. The number of nitrogens with zero attached hydrogens (tertiary/aromatic N) is 2. The SMILES string of the molecule is CC(COC1CCOC1)NC(=NCC(=O)N(C)C)NCC1CCCO1.I. The Labute approximate surface area is 173 Å². The topological polar surface area (TPSA) is 84.4 Å². The first-order valence-corrected chi connectivity index (χ1v) is 9.10. The number of hydrogen-bond donors (Lipinski definition) is 2. The van der Waals surface area contributed by atoms with Gasteiger partial charge in [0.15, 0.2) is 5.96 Å². The minimum absolute atomic E-state index is 0. The lowest BCUT2D eigenvalue weighted by Gasteiger charge is -2.21. The van der Waals surface area contributed by atoms with E-state index in [1.54, 1.807) is 14.1 Å². The van der Waals surface area contributed by atoms with Crippen LogP contribution in [0, 0.1) is 0 Å². The summed E-state index contributed by atoms with van der Waals surface area (Å²) in [4.78, 5) is 17.7. The third-order valence-electron chi connectivity index (χ3n) is 4.25. The van der Waals surface area contributed by atoms with Crippen LogP contribution in [0.3, 0.4) is 0 Å². The Balaban J connectivity index is 0.00000338. The Morgan fingerprint density at radius 1 is 1.35 bits per heavy atom. The number of hydrogen-bond acceptors (Lipinski definition) is 5. The Morgan fingerprint density at radius 2 is 2.15 bits per heavy atom. The highest BCUT2D eigenvalue weighted by atomic mass is 127. The summed E-state index contributed by atoms with van der Waals surface area (Å²) in [5, 5.41) is 6.58. The first-order chi connectivity index (χ1) is 12.0. The highest BCUT2D eigenvalue weighted by Crippen LogP contribution is 2.10. The first kappa shape index (κ1) is 23.4. The Bertz CT molecular complexity index is 438. The molecule has 0 radical (unpaired) electrons. The average molecular weight is 484 g/mol. The minimum atomic E-state index is -0.0368. The molecule has 2 rings (SSSR count). The van der Waals surface area contributed by atoms with Crippen molar-refractivity contribution < 1.29 is 19.0 Å². The molecule has 2 aliphatic rings. The second-order valence-electron chi connectivity index (χ2n) is 6.83. The van der Waals surface area contributed by atoms with Gasteiger partial charge in [0.2, 0.25) is 5.91 Å². The number of carbonyl (C=O) groups is 1. The van der Waals surface area contributed by atoms with Crippen LogP contribution in [0.4, 0.5) is 0 Å². The molecule has 1 amide bonds. The fourth-order valence-electron chi connectivity index (χ4n) is 2.66. The van der Waals surface area contributed by atoms with E-state index < -0.39 is 0 Å². The molecule has 0 aliphatic carbocycles. The molecular formula is C17H33IN4O4. The van der Waals surface area contributed by atoms with Gasteiger partial charge in [0.1, 0.15) is 6.54 Å². The summed E-state index contributed by atoms with van der Waals surface area (Å²) in [6.07, 6.45) is 3.48. The van der Waals surface area contributed by atoms with Crippen LogP contribution in [0.2, 0.25) is 0 Å². The molecule has 0 saturated carbocycles. The molecule has 3 unspecified atom stereocenters. The standard InChI is InChI=1S/C17H32N4O4.HI/c1-13(11-25-15-6-8-23-12-15)20-17(19-10-16(22)21(2)3)18-9-14-5-4-7-24-14;/h13-15H,4-12H2,1-3H3,(H2,18,19,20);1H. The van der Waals surface area contributed by atoms with Crippen molar-refractivity contribution in [3.8, 4) is 0 Å². The molecule has 2 saturated heterocycles. The maximum atomic E-state index is 11.8. The van der Waals surface area contributed by atoms with Crippen LogP contribution in [-0.2, 0) is 19.0 Å². The van der Waals surface area contributed by atoms with Crippen molar-refractivity contribution in [1.82, 2.24) is 15.5 Å². The average Bonchev–Trinajstić information content (AvgIpc) is 3.28. The van der Waals surface area contributed by atoms with Gasteiger partial charge in [-0.25, -0.2) is 4.99 Å². The highest BCUT2D eigenvalue weighted by molar-refractivity contribution is 14.0. The van der Waals surface area contributed by atoms with Gasteiger partial charge in [0.25, 0.3) is 0 Å². The van der Waals surface area contributed by atoms with E-state index in [-0.39, 0.29) is 54.7 Å². The molecule has 8 nitrogen and oxygen atoms in total. The van der Waals surface area contributed by atoms with Gasteiger partial charge in [-0.3, -0.25) is 4.79 Å². The Hall–Kier alpha value is -0.650. The van der Waals surface area contributed by atoms with Gasteiger partial charge >= 0.3 is 0 Å². The van der Waals surface area contributed by atoms with E-state index in [4.69, 9.17) is 14.2 Å². The van der Waals surface area contributed by atoms with E-state index in [1.165, 1.54) is 4.90 Å². The Morgan fingerprint density at radius 3 is 2.77 bits per heavy atom. The molecule has 0 aromatic heterocycles. The van der Waals surface area contributed by atoms with Gasteiger partial charge in [-0.05, 0) is 26.2 Å². The largest absolute Gasteiger partial charge is 0.379 e. The van der Waals surface area contributed by atoms with Crippen LogP contribution in [-0.4, -0.2) is 88.6 Å². The van der Waals surface area contributed by atoms with Crippen LogP contribution in [0.25, 0.3) is 0 Å². The molecule has 9 heteroatoms. The molecule has 2 heterocycles. The maximum absolute atomic E-state index is 11.8. The summed E-state index contributed by atoms with van der Waals surface area (Å²) in [6, 6.07) is 0.0748. The number of amides is 1. The lowest BCUT2D eigenvalue weighted by atomic mass is 10.2. The molecule has 2 aliphatic heterocycles. The van der Waals surface area contributed by atoms with Crippen LogP contribution in [0.15, 0.2) is 4.99 Å². The van der Waals surface area contributed by atoms with E-state index in [0.717, 1.165) is 32.5 Å². The van der Waals surface area contributed by atoms with Gasteiger partial charge < -0.3 is 29.7 Å². The summed E-state index contributed by atoms with van der Waals surface area (Å²) in [7, 11) is 3.45. The number of guanidine groups is 1. The quantitative estimate of drug-likeness (QED) is 0.298. The van der Waals surface area contributed by atoms with E-state index in [1.807, 2.05) is 6.92 Å². The molecule has 0 aromatic rings. The molecule has 2 N–H and O–H groups in total. The van der Waals surface area contributed by atoms with Crippen LogP contribution in [0.1, 0.15) is 26.2 Å². The highest BCUT2D eigenvalue weighted by Gasteiger charge is 2.19. The van der Waals surface area contributed by atoms with Crippen molar-refractivity contribution in [2.45, 2.75) is 44.4 Å². The smallest absolute Gasteiger partial charge is 0.243 e. The molecular weight excluding hydrogens is 451 g/mol. The predicted molar refractivity (Wildman–Crippen MR) is 111 cm³/mol. The molecule has 0 bridgehead atoms. The summed E-state index contributed by atoms with van der Waals surface area (Å²) in [5.74, 6) is 0.578. The van der Waals surface area contributed by atoms with Crippen molar-refractivity contribution >= 4 is 35.8 Å². The Kier molecular flexibility index (Phi) is 11.4. The summed E-state index contributed by atoms with van der Waals surface area (Å²) in [6.45, 7) is 5.66. The predicted octanol–water partition coefficient (Wildman–Crippen LogP) is 0.601. The van der Waals surface area contributed by atoms with E-state index in [9.17, 15) is 4.79 Å². The van der Waals surface area contributed by atoms with E-state index in [2.05, 4.69) is 15.6 Å². The molecule has 3 atom stereocenters. The zero-order chi connectivity index (χ0) is 18.1. The number of rotatable bonds is 8. The molecule has 2 fully saturated rings. The number of ether oxygens (including phenoxy) is 3. The van der Waals surface area contributed by atoms with Crippen molar-refractivity contribution in [2.24, 2.45) is 4.99 Å². The molecule has 0 spiro atoms. The first-order valence-electron chi connectivity index (χ1n) is 9.10. The zero-order valence-electron chi connectivity index (χ0n) is 16.0. The van der Waals surface area contributed by atoms with E-state index in [0.29, 0.717) is 25.7 Å². The fourth-order valence-corrected chi connectivity index (χ4v) is 2.66. The van der Waals surface area contributed by atoms with Crippen molar-refractivity contribution in [2.75, 3.05) is 53.6 Å². The number of likely N-dealkylation sites (N-methyl/N-ethyl adjacent to an activating group) is 1. The monoisotopic (exact) mass is 484 g/mol. The summed E-state index contributed by atoms with van der Waals surface area (Å²) >= 11 is 0. The number of aliphatic imine (C=N–C) groups is 1. The van der Waals surface area contributed by atoms with Gasteiger partial charge in [0, 0.05) is 39.9 Å². The molecule has 152 valence electrons. The normalized spacial score (nSPS) is 24.0. The lowest BCUT2D eigenvalue weighted by Crippen LogP contribution is -2.47. The summed E-state index contributed by atoms with van der Waals surface area (Å²) in [5.41, 5.74) is 0. The fraction of sp³-hybridized carbons (Fsp3) is 0.882. The third kappa shape index (κ3) is 8.83. The number of carbonyl (C=O) groups excluding carboxylic acids is 1. The van der Waals surface area contributed by atoms with Crippen LogP contribution < -0.4 is 10.6 Å². The minimum Gasteiger partial charge on any atom is -0.379 e. The van der Waals surface area contributed by atoms with Crippen LogP contribution in [0.5, 0.6) is 0 Å². The molecule has 26 heavy (non-hydrogen) atoms. The van der Waals surface area contributed by atoms with E-state index >= 15 is 0 Å². The van der Waals surface area contributed by atoms with Gasteiger partial charge in [-0.2, -0.15) is 0 Å². The van der Waals surface area contributed by atoms with Gasteiger partial charge in [0.05, 0.1) is 25.4 Å². The van der Waals surface area contributed by atoms with Crippen molar-refractivity contribution in [3.05, 3.63) is 0 Å².